The Hall–Kier alpha value is -1.36. The molecule has 1 saturated carbocycles. The first kappa shape index (κ1) is 19.0. The van der Waals surface area contributed by atoms with Gasteiger partial charge >= 0.3 is 0 Å². The maximum Gasteiger partial charge on any atom is 0.224 e. The van der Waals surface area contributed by atoms with Crippen molar-refractivity contribution in [2.75, 3.05) is 5.32 Å². The molecule has 24 heavy (non-hydrogen) atoms. The second-order valence-corrected chi connectivity index (χ2v) is 10.6. The first-order valence-corrected chi connectivity index (χ1v) is 10.4. The minimum Gasteiger partial charge on any atom is -0.326 e. The zero-order valence-electron chi connectivity index (χ0n) is 15.0. The van der Waals surface area contributed by atoms with Gasteiger partial charge < -0.3 is 5.32 Å². The monoisotopic (exact) mass is 351 g/mol. The highest BCUT2D eigenvalue weighted by Crippen LogP contribution is 2.27. The van der Waals surface area contributed by atoms with Crippen LogP contribution in [0.1, 0.15) is 64.9 Å². The van der Waals surface area contributed by atoms with E-state index >= 15 is 0 Å². The highest BCUT2D eigenvalue weighted by molar-refractivity contribution is 7.91. The van der Waals surface area contributed by atoms with Gasteiger partial charge in [-0.3, -0.25) is 4.79 Å². The van der Waals surface area contributed by atoms with Crippen molar-refractivity contribution in [1.82, 2.24) is 0 Å². The molecule has 2 rings (SSSR count). The van der Waals surface area contributed by atoms with Gasteiger partial charge in [0.25, 0.3) is 0 Å². The minimum absolute atomic E-state index is 0.0111. The predicted molar refractivity (Wildman–Crippen MR) is 98.6 cm³/mol. The van der Waals surface area contributed by atoms with Crippen molar-refractivity contribution in [1.29, 1.82) is 0 Å². The van der Waals surface area contributed by atoms with E-state index in [1.807, 2.05) is 6.07 Å². The lowest BCUT2D eigenvalue weighted by molar-refractivity contribution is -0.117. The molecule has 0 atom stereocenters. The molecule has 1 N–H and O–H groups in total. The van der Waals surface area contributed by atoms with Crippen molar-refractivity contribution in [3.8, 4) is 0 Å². The Bertz CT molecular complexity index is 668. The number of carbonyl (C=O) groups is 1. The topological polar surface area (TPSA) is 63.2 Å². The smallest absolute Gasteiger partial charge is 0.224 e. The highest BCUT2D eigenvalue weighted by atomic mass is 32.2. The van der Waals surface area contributed by atoms with Gasteiger partial charge in [0.1, 0.15) is 0 Å². The molecule has 0 saturated heterocycles. The molecular weight excluding hydrogens is 322 g/mol. The van der Waals surface area contributed by atoms with Crippen LogP contribution in [0.4, 0.5) is 5.69 Å². The predicted octanol–water partition coefficient (Wildman–Crippen LogP) is 4.31. The normalized spacial score (nSPS) is 16.8. The van der Waals surface area contributed by atoms with Crippen LogP contribution < -0.4 is 5.32 Å². The Morgan fingerprint density at radius 3 is 2.46 bits per heavy atom. The van der Waals surface area contributed by atoms with E-state index in [1.54, 1.807) is 39.0 Å². The number of hydrogen-bond donors (Lipinski definition) is 1. The largest absolute Gasteiger partial charge is 0.326 e. The SMILES string of the molecule is CC(C)(C)S(=O)(=O)Cc1cccc(NC(=O)CC2CCCCC2)c1. The molecule has 1 aromatic rings. The number of amides is 1. The lowest BCUT2D eigenvalue weighted by Crippen LogP contribution is -2.29. The summed E-state index contributed by atoms with van der Waals surface area (Å²) in [6.07, 6.45) is 6.55. The summed E-state index contributed by atoms with van der Waals surface area (Å²) in [6, 6.07) is 7.16. The summed E-state index contributed by atoms with van der Waals surface area (Å²) in [6.45, 7) is 5.12. The summed E-state index contributed by atoms with van der Waals surface area (Å²) >= 11 is 0. The van der Waals surface area contributed by atoms with Gasteiger partial charge in [-0.05, 0) is 57.2 Å². The van der Waals surface area contributed by atoms with E-state index in [0.717, 1.165) is 12.8 Å². The van der Waals surface area contributed by atoms with Gasteiger partial charge in [-0.1, -0.05) is 31.4 Å². The molecule has 0 aliphatic heterocycles. The van der Waals surface area contributed by atoms with Crippen LogP contribution in [0, 0.1) is 5.92 Å². The maximum atomic E-state index is 12.3. The van der Waals surface area contributed by atoms with E-state index in [4.69, 9.17) is 0 Å². The first-order valence-electron chi connectivity index (χ1n) is 8.78. The Balaban J connectivity index is 1.98. The van der Waals surface area contributed by atoms with E-state index in [-0.39, 0.29) is 11.7 Å². The summed E-state index contributed by atoms with van der Waals surface area (Å²) < 4.78 is 23.9. The van der Waals surface area contributed by atoms with Crippen LogP contribution >= 0.6 is 0 Å². The Morgan fingerprint density at radius 2 is 1.83 bits per heavy atom. The summed E-state index contributed by atoms with van der Waals surface area (Å²) in [5.41, 5.74) is 1.39. The second kappa shape index (κ2) is 7.68. The number of hydrogen-bond acceptors (Lipinski definition) is 3. The molecular formula is C19H29NO3S. The van der Waals surface area contributed by atoms with Gasteiger partial charge in [-0.15, -0.1) is 0 Å². The van der Waals surface area contributed by atoms with Gasteiger partial charge in [0.15, 0.2) is 9.84 Å². The zero-order chi connectivity index (χ0) is 17.8. The van der Waals surface area contributed by atoms with Gasteiger partial charge in [0.2, 0.25) is 5.91 Å². The van der Waals surface area contributed by atoms with Crippen molar-refractivity contribution in [2.24, 2.45) is 5.92 Å². The molecule has 0 spiro atoms. The quantitative estimate of drug-likeness (QED) is 0.860. The average molecular weight is 352 g/mol. The van der Waals surface area contributed by atoms with E-state index in [9.17, 15) is 13.2 Å². The number of rotatable bonds is 5. The lowest BCUT2D eigenvalue weighted by Gasteiger charge is -2.21. The fourth-order valence-corrected chi connectivity index (χ4v) is 4.09. The lowest BCUT2D eigenvalue weighted by atomic mass is 9.87. The van der Waals surface area contributed by atoms with E-state index < -0.39 is 14.6 Å². The standard InChI is InChI=1S/C19H29NO3S/c1-19(2,3)24(22,23)14-16-10-7-11-17(12-16)20-18(21)13-15-8-5-4-6-9-15/h7,10-12,15H,4-6,8-9,13-14H2,1-3H3,(H,20,21). The molecule has 0 aromatic heterocycles. The minimum atomic E-state index is -3.23. The Kier molecular flexibility index (Phi) is 6.07. The van der Waals surface area contributed by atoms with Crippen LogP contribution in [0.2, 0.25) is 0 Å². The van der Waals surface area contributed by atoms with Crippen LogP contribution in [-0.4, -0.2) is 19.1 Å². The number of benzene rings is 1. The first-order chi connectivity index (χ1) is 11.2. The van der Waals surface area contributed by atoms with Crippen LogP contribution in [0.3, 0.4) is 0 Å². The number of nitrogens with one attached hydrogen (secondary N) is 1. The second-order valence-electron chi connectivity index (χ2n) is 7.83. The maximum absolute atomic E-state index is 12.3. The van der Waals surface area contributed by atoms with E-state index in [0.29, 0.717) is 23.6 Å². The van der Waals surface area contributed by atoms with Gasteiger partial charge in [-0.25, -0.2) is 8.42 Å². The number of carbonyl (C=O) groups excluding carboxylic acids is 1. The van der Waals surface area contributed by atoms with Crippen molar-refractivity contribution in [3.05, 3.63) is 29.8 Å². The number of sulfone groups is 1. The zero-order valence-corrected chi connectivity index (χ0v) is 15.8. The van der Waals surface area contributed by atoms with Crippen molar-refractivity contribution in [3.63, 3.8) is 0 Å². The average Bonchev–Trinajstić information content (AvgIpc) is 2.46. The molecule has 134 valence electrons. The molecule has 1 fully saturated rings. The number of anilines is 1. The van der Waals surface area contributed by atoms with Crippen molar-refractivity contribution >= 4 is 21.4 Å². The third-order valence-corrected chi connectivity index (χ3v) is 7.28. The molecule has 1 aromatic carbocycles. The molecule has 1 aliphatic rings. The van der Waals surface area contributed by atoms with Gasteiger partial charge in [0, 0.05) is 12.1 Å². The molecule has 4 nitrogen and oxygen atoms in total. The van der Waals surface area contributed by atoms with Gasteiger partial charge in [0.05, 0.1) is 10.5 Å². The molecule has 1 amide bonds. The van der Waals surface area contributed by atoms with Gasteiger partial charge in [-0.2, -0.15) is 0 Å². The summed E-state index contributed by atoms with van der Waals surface area (Å²) in [7, 11) is -3.23. The molecule has 1 aliphatic carbocycles. The van der Waals surface area contributed by atoms with Crippen LogP contribution in [-0.2, 0) is 20.4 Å². The molecule has 0 radical (unpaired) electrons. The van der Waals surface area contributed by atoms with Crippen molar-refractivity contribution in [2.45, 2.75) is 69.8 Å². The molecule has 0 heterocycles. The van der Waals surface area contributed by atoms with Crippen LogP contribution in [0.25, 0.3) is 0 Å². The summed E-state index contributed by atoms with van der Waals surface area (Å²) in [5, 5.41) is 2.92. The third kappa shape index (κ3) is 5.33. The van der Waals surface area contributed by atoms with Crippen LogP contribution in [0.5, 0.6) is 0 Å². The van der Waals surface area contributed by atoms with Crippen LogP contribution in [0.15, 0.2) is 24.3 Å². The summed E-state index contributed by atoms with van der Waals surface area (Å²) in [4.78, 5) is 12.2. The summed E-state index contributed by atoms with van der Waals surface area (Å²) in [5.74, 6) is 0.504. The van der Waals surface area contributed by atoms with E-state index in [2.05, 4.69) is 5.32 Å². The molecule has 0 unspecified atom stereocenters. The van der Waals surface area contributed by atoms with Crippen molar-refractivity contribution < 1.29 is 13.2 Å². The van der Waals surface area contributed by atoms with E-state index in [1.165, 1.54) is 19.3 Å². The Morgan fingerprint density at radius 1 is 1.17 bits per heavy atom. The third-order valence-electron chi connectivity index (χ3n) is 4.70. The Labute approximate surface area is 146 Å². The molecule has 0 bridgehead atoms. The highest BCUT2D eigenvalue weighted by Gasteiger charge is 2.29. The molecule has 5 heteroatoms. The fourth-order valence-electron chi connectivity index (χ4n) is 3.04. The fraction of sp³-hybridized carbons (Fsp3) is 0.632.